The quantitative estimate of drug-likeness (QED) is 0.434. The molecule has 162 valence electrons. The number of nitro groups is 1. The van der Waals surface area contributed by atoms with Gasteiger partial charge in [0.1, 0.15) is 5.69 Å². The zero-order valence-corrected chi connectivity index (χ0v) is 17.8. The molecular weight excluding hydrogens is 410 g/mol. The number of benzene rings is 2. The minimum Gasteiger partial charge on any atom is -0.331 e. The van der Waals surface area contributed by atoms with Crippen LogP contribution in [0.3, 0.4) is 0 Å². The van der Waals surface area contributed by atoms with E-state index in [1.165, 1.54) is 33.8 Å². The number of carbonyl (C=O) groups is 1. The molecule has 1 aromatic heterocycles. The van der Waals surface area contributed by atoms with Gasteiger partial charge in [-0.1, -0.05) is 24.3 Å². The highest BCUT2D eigenvalue weighted by atomic mass is 16.6. The largest absolute Gasteiger partial charge is 0.331 e. The van der Waals surface area contributed by atoms with Crippen LogP contribution in [0, 0.1) is 28.4 Å². The van der Waals surface area contributed by atoms with E-state index in [-0.39, 0.29) is 23.1 Å². The lowest BCUT2D eigenvalue weighted by molar-refractivity contribution is -0.384. The van der Waals surface area contributed by atoms with Crippen molar-refractivity contribution in [3.63, 3.8) is 0 Å². The normalized spacial score (nSPS) is 11.4. The van der Waals surface area contributed by atoms with E-state index in [1.807, 2.05) is 13.0 Å². The van der Waals surface area contributed by atoms with Gasteiger partial charge >= 0.3 is 0 Å². The molecule has 0 N–H and O–H groups in total. The SMILES string of the molecule is CCN(C(=O)c1nn(-c2ccccc2[N+](=O)[O-])c(C)cc1=O)C(C)c1ccc(C#N)cc1. The topological polar surface area (TPSA) is 122 Å². The minimum absolute atomic E-state index is 0.159. The monoisotopic (exact) mass is 431 g/mol. The van der Waals surface area contributed by atoms with E-state index in [9.17, 15) is 19.7 Å². The van der Waals surface area contributed by atoms with Crippen LogP contribution in [0.5, 0.6) is 0 Å². The zero-order chi connectivity index (χ0) is 23.4. The summed E-state index contributed by atoms with van der Waals surface area (Å²) in [5.74, 6) is -0.582. The van der Waals surface area contributed by atoms with Crippen LogP contribution < -0.4 is 5.43 Å². The molecule has 0 fully saturated rings. The first kappa shape index (κ1) is 22.4. The van der Waals surface area contributed by atoms with Crippen molar-refractivity contribution in [2.24, 2.45) is 0 Å². The van der Waals surface area contributed by atoms with E-state index < -0.39 is 16.3 Å². The van der Waals surface area contributed by atoms with Gasteiger partial charge in [-0.15, -0.1) is 0 Å². The summed E-state index contributed by atoms with van der Waals surface area (Å²) in [6.07, 6.45) is 0. The average molecular weight is 431 g/mol. The fourth-order valence-corrected chi connectivity index (χ4v) is 3.48. The fourth-order valence-electron chi connectivity index (χ4n) is 3.48. The van der Waals surface area contributed by atoms with Crippen molar-refractivity contribution in [3.8, 4) is 11.8 Å². The summed E-state index contributed by atoms with van der Waals surface area (Å²) in [6, 6.07) is 15.7. The lowest BCUT2D eigenvalue weighted by atomic mass is 10.0. The Balaban J connectivity index is 2.05. The Morgan fingerprint density at radius 1 is 1.25 bits per heavy atom. The van der Waals surface area contributed by atoms with Crippen molar-refractivity contribution >= 4 is 11.6 Å². The van der Waals surface area contributed by atoms with Crippen molar-refractivity contribution in [1.82, 2.24) is 14.7 Å². The molecule has 0 saturated heterocycles. The van der Waals surface area contributed by atoms with Gasteiger partial charge in [-0.05, 0) is 44.5 Å². The van der Waals surface area contributed by atoms with E-state index in [0.717, 1.165) is 5.56 Å². The van der Waals surface area contributed by atoms with Gasteiger partial charge in [0, 0.05) is 24.4 Å². The Hall–Kier alpha value is -4.32. The number of amides is 1. The van der Waals surface area contributed by atoms with Gasteiger partial charge in [0.05, 0.1) is 22.6 Å². The summed E-state index contributed by atoms with van der Waals surface area (Å²) in [5, 5.41) is 24.7. The second-order valence-corrected chi connectivity index (χ2v) is 7.16. The van der Waals surface area contributed by atoms with Crippen LogP contribution >= 0.6 is 0 Å². The van der Waals surface area contributed by atoms with Gasteiger partial charge in [0.15, 0.2) is 5.69 Å². The van der Waals surface area contributed by atoms with E-state index >= 15 is 0 Å². The molecule has 3 rings (SSSR count). The van der Waals surface area contributed by atoms with E-state index in [0.29, 0.717) is 17.8 Å². The third kappa shape index (κ3) is 4.25. The van der Waals surface area contributed by atoms with Crippen molar-refractivity contribution in [3.05, 3.63) is 97.4 Å². The van der Waals surface area contributed by atoms with Crippen molar-refractivity contribution in [1.29, 1.82) is 5.26 Å². The van der Waals surface area contributed by atoms with Crippen LogP contribution in [0.4, 0.5) is 5.69 Å². The first-order valence-electron chi connectivity index (χ1n) is 9.94. The molecule has 0 aliphatic heterocycles. The number of nitrogens with zero attached hydrogens (tertiary/aromatic N) is 5. The van der Waals surface area contributed by atoms with Crippen molar-refractivity contribution < 1.29 is 9.72 Å². The molecule has 3 aromatic rings. The third-order valence-electron chi connectivity index (χ3n) is 5.21. The summed E-state index contributed by atoms with van der Waals surface area (Å²) in [6.45, 7) is 5.50. The van der Waals surface area contributed by atoms with E-state index in [2.05, 4.69) is 5.10 Å². The first-order chi connectivity index (χ1) is 15.3. The first-order valence-corrected chi connectivity index (χ1v) is 9.94. The number of nitriles is 1. The summed E-state index contributed by atoms with van der Waals surface area (Å²) in [4.78, 5) is 38.4. The standard InChI is InChI=1S/C23H21N5O4/c1-4-26(16(3)18-11-9-17(14-24)10-12-18)23(30)22-21(29)13-15(2)27(25-22)19-7-5-6-8-20(19)28(31)32/h5-13,16H,4H2,1-3H3. The van der Waals surface area contributed by atoms with E-state index in [1.54, 1.807) is 44.2 Å². The van der Waals surface area contributed by atoms with Crippen molar-refractivity contribution in [2.45, 2.75) is 26.8 Å². The number of aryl methyl sites for hydroxylation is 1. The predicted octanol–water partition coefficient (Wildman–Crippen LogP) is 3.54. The van der Waals surface area contributed by atoms with Crippen LogP contribution in [0.2, 0.25) is 0 Å². The maximum Gasteiger partial charge on any atom is 0.294 e. The van der Waals surface area contributed by atoms with Crippen LogP contribution in [0.15, 0.2) is 59.4 Å². The Morgan fingerprint density at radius 2 is 1.91 bits per heavy atom. The zero-order valence-electron chi connectivity index (χ0n) is 17.8. The summed E-state index contributed by atoms with van der Waals surface area (Å²) in [7, 11) is 0. The molecule has 0 radical (unpaired) electrons. The molecule has 0 bridgehead atoms. The predicted molar refractivity (Wildman–Crippen MR) is 118 cm³/mol. The molecule has 2 aromatic carbocycles. The minimum atomic E-state index is -0.582. The molecule has 0 spiro atoms. The van der Waals surface area contributed by atoms with Gasteiger partial charge in [-0.25, -0.2) is 4.68 Å². The second-order valence-electron chi connectivity index (χ2n) is 7.16. The lowest BCUT2D eigenvalue weighted by Gasteiger charge is -2.28. The summed E-state index contributed by atoms with van der Waals surface area (Å²) < 4.78 is 1.24. The van der Waals surface area contributed by atoms with E-state index in [4.69, 9.17) is 5.26 Å². The van der Waals surface area contributed by atoms with Crippen LogP contribution in [-0.4, -0.2) is 32.1 Å². The molecule has 9 heteroatoms. The molecular formula is C23H21N5O4. The molecule has 1 unspecified atom stereocenters. The number of hydrogen-bond acceptors (Lipinski definition) is 6. The fraction of sp³-hybridized carbons (Fsp3) is 0.217. The number of para-hydroxylation sites is 2. The Morgan fingerprint density at radius 3 is 2.50 bits per heavy atom. The van der Waals surface area contributed by atoms with Crippen LogP contribution in [0.25, 0.3) is 5.69 Å². The molecule has 0 aliphatic carbocycles. The van der Waals surface area contributed by atoms with Gasteiger partial charge in [0.25, 0.3) is 11.6 Å². The highest BCUT2D eigenvalue weighted by molar-refractivity contribution is 5.92. The maximum atomic E-state index is 13.3. The molecule has 1 amide bonds. The van der Waals surface area contributed by atoms with Crippen LogP contribution in [-0.2, 0) is 0 Å². The summed E-state index contributed by atoms with van der Waals surface area (Å²) >= 11 is 0. The Labute approximate surface area is 184 Å². The summed E-state index contributed by atoms with van der Waals surface area (Å²) in [5.41, 5.74) is 0.747. The molecule has 9 nitrogen and oxygen atoms in total. The number of carbonyl (C=O) groups excluding carboxylic acids is 1. The second kappa shape index (κ2) is 9.22. The molecule has 0 saturated carbocycles. The Bertz CT molecular complexity index is 1270. The molecule has 1 heterocycles. The highest BCUT2D eigenvalue weighted by Crippen LogP contribution is 2.24. The van der Waals surface area contributed by atoms with Crippen molar-refractivity contribution in [2.75, 3.05) is 6.54 Å². The molecule has 32 heavy (non-hydrogen) atoms. The van der Waals surface area contributed by atoms with Gasteiger partial charge in [0.2, 0.25) is 5.43 Å². The lowest BCUT2D eigenvalue weighted by Crippen LogP contribution is -2.38. The molecule has 1 atom stereocenters. The number of aromatic nitrogens is 2. The van der Waals surface area contributed by atoms with Gasteiger partial charge in [-0.3, -0.25) is 19.7 Å². The Kier molecular flexibility index (Phi) is 6.45. The number of rotatable bonds is 6. The average Bonchev–Trinajstić information content (AvgIpc) is 2.79. The number of nitro benzene ring substituents is 1. The smallest absolute Gasteiger partial charge is 0.294 e. The number of hydrogen-bond donors (Lipinski definition) is 0. The van der Waals surface area contributed by atoms with Gasteiger partial charge < -0.3 is 4.90 Å². The third-order valence-corrected chi connectivity index (χ3v) is 5.21. The maximum absolute atomic E-state index is 13.3. The van der Waals surface area contributed by atoms with Crippen LogP contribution in [0.1, 0.15) is 47.2 Å². The molecule has 0 aliphatic rings. The highest BCUT2D eigenvalue weighted by Gasteiger charge is 2.26. The van der Waals surface area contributed by atoms with Gasteiger partial charge in [-0.2, -0.15) is 10.4 Å².